The normalized spacial score (nSPS) is 19.1. The first-order valence-electron chi connectivity index (χ1n) is 11.6. The van der Waals surface area contributed by atoms with Gasteiger partial charge in [-0.3, -0.25) is 14.2 Å². The highest BCUT2D eigenvalue weighted by Gasteiger charge is 2.35. The highest BCUT2D eigenvalue weighted by atomic mass is 32.2. The number of amides is 2. The number of aromatic nitrogens is 3. The number of aryl methyl sites for hydroxylation is 1. The van der Waals surface area contributed by atoms with Gasteiger partial charge in [0.2, 0.25) is 17.8 Å². The second-order valence-electron chi connectivity index (χ2n) is 8.82. The van der Waals surface area contributed by atoms with Crippen LogP contribution in [-0.2, 0) is 14.3 Å². The van der Waals surface area contributed by atoms with Gasteiger partial charge in [0.05, 0.1) is 24.7 Å². The molecule has 0 atom stereocenters. The minimum atomic E-state index is 0.0740. The van der Waals surface area contributed by atoms with Crippen LogP contribution in [0, 0.1) is 12.8 Å². The van der Waals surface area contributed by atoms with Crippen molar-refractivity contribution in [1.29, 1.82) is 0 Å². The van der Waals surface area contributed by atoms with Gasteiger partial charge < -0.3 is 19.4 Å². The van der Waals surface area contributed by atoms with Gasteiger partial charge >= 0.3 is 0 Å². The summed E-state index contributed by atoms with van der Waals surface area (Å²) in [6, 6.07) is 8.26. The quantitative estimate of drug-likeness (QED) is 0.593. The van der Waals surface area contributed by atoms with Gasteiger partial charge in [-0.05, 0) is 31.9 Å². The van der Waals surface area contributed by atoms with E-state index in [-0.39, 0.29) is 17.7 Å². The minimum absolute atomic E-state index is 0.0740. The zero-order chi connectivity index (χ0) is 22.8. The Morgan fingerprint density at radius 3 is 2.30 bits per heavy atom. The summed E-state index contributed by atoms with van der Waals surface area (Å²) >= 11 is 1.41. The molecule has 5 rings (SSSR count). The second kappa shape index (κ2) is 9.72. The predicted molar refractivity (Wildman–Crippen MR) is 126 cm³/mol. The molecule has 0 bridgehead atoms. The van der Waals surface area contributed by atoms with Crippen molar-refractivity contribution in [2.24, 2.45) is 5.92 Å². The van der Waals surface area contributed by atoms with Crippen molar-refractivity contribution >= 4 is 29.5 Å². The van der Waals surface area contributed by atoms with Crippen molar-refractivity contribution in [2.45, 2.75) is 24.9 Å². The highest BCUT2D eigenvalue weighted by Crippen LogP contribution is 2.31. The fraction of sp³-hybridized carbons (Fsp3) is 0.565. The largest absolute Gasteiger partial charge is 0.378 e. The van der Waals surface area contributed by atoms with E-state index in [1.807, 2.05) is 14.4 Å². The zero-order valence-electron chi connectivity index (χ0n) is 19.0. The molecular weight excluding hydrogens is 440 g/mol. The van der Waals surface area contributed by atoms with Crippen molar-refractivity contribution in [3.8, 4) is 5.69 Å². The van der Waals surface area contributed by atoms with Crippen LogP contribution in [-0.4, -0.2) is 94.6 Å². The van der Waals surface area contributed by atoms with E-state index in [0.29, 0.717) is 50.3 Å². The number of piperazine rings is 1. The first-order chi connectivity index (χ1) is 16.1. The summed E-state index contributed by atoms with van der Waals surface area (Å²) < 4.78 is 7.53. The van der Waals surface area contributed by atoms with Crippen LogP contribution in [0.1, 0.15) is 18.4 Å². The molecule has 2 aromatic rings. The number of thioether (sulfide) groups is 1. The maximum absolute atomic E-state index is 12.9. The third-order valence-electron chi connectivity index (χ3n) is 6.40. The van der Waals surface area contributed by atoms with Crippen molar-refractivity contribution in [2.75, 3.05) is 63.1 Å². The molecule has 1 saturated carbocycles. The summed E-state index contributed by atoms with van der Waals surface area (Å²) in [6.07, 6.45) is 2.03. The first-order valence-corrected chi connectivity index (χ1v) is 12.6. The molecule has 0 N–H and O–H groups in total. The summed E-state index contributed by atoms with van der Waals surface area (Å²) in [5, 5.41) is 9.62. The van der Waals surface area contributed by atoms with Crippen LogP contribution in [0.15, 0.2) is 29.4 Å². The van der Waals surface area contributed by atoms with E-state index in [1.54, 1.807) is 0 Å². The summed E-state index contributed by atoms with van der Waals surface area (Å²) in [5.41, 5.74) is 2.16. The van der Waals surface area contributed by atoms with Crippen LogP contribution in [0.5, 0.6) is 0 Å². The SMILES string of the molecule is Cc1ccc(-n2c(SCC(=O)N3CCN(C(=O)C4CC4)CC3)nnc2N2CCOCC2)cc1. The number of anilines is 1. The molecule has 2 aliphatic heterocycles. The van der Waals surface area contributed by atoms with Gasteiger partial charge in [-0.25, -0.2) is 0 Å². The van der Waals surface area contributed by atoms with Gasteiger partial charge in [0.1, 0.15) is 0 Å². The Labute approximate surface area is 198 Å². The second-order valence-corrected chi connectivity index (χ2v) is 9.76. The summed E-state index contributed by atoms with van der Waals surface area (Å²) in [7, 11) is 0. The monoisotopic (exact) mass is 470 g/mol. The van der Waals surface area contributed by atoms with E-state index in [0.717, 1.165) is 37.6 Å². The first kappa shape index (κ1) is 22.2. The summed E-state index contributed by atoms with van der Waals surface area (Å²) in [4.78, 5) is 31.1. The maximum atomic E-state index is 12.9. The fourth-order valence-electron chi connectivity index (χ4n) is 4.23. The summed E-state index contributed by atoms with van der Waals surface area (Å²) in [5.74, 6) is 1.65. The van der Waals surface area contributed by atoms with Crippen molar-refractivity contribution in [1.82, 2.24) is 24.6 Å². The number of benzene rings is 1. The predicted octanol–water partition coefficient (Wildman–Crippen LogP) is 1.59. The Kier molecular flexibility index (Phi) is 6.55. The molecule has 2 amide bonds. The lowest BCUT2D eigenvalue weighted by Crippen LogP contribution is -2.51. The lowest BCUT2D eigenvalue weighted by molar-refractivity contribution is -0.139. The average molecular weight is 471 g/mol. The van der Waals surface area contributed by atoms with Crippen LogP contribution in [0.25, 0.3) is 5.69 Å². The molecule has 33 heavy (non-hydrogen) atoms. The number of carbonyl (C=O) groups is 2. The van der Waals surface area contributed by atoms with Crippen LogP contribution in [0.3, 0.4) is 0 Å². The van der Waals surface area contributed by atoms with Gasteiger partial charge in [0.15, 0.2) is 5.16 Å². The molecule has 0 radical (unpaired) electrons. The molecule has 1 aliphatic carbocycles. The minimum Gasteiger partial charge on any atom is -0.378 e. The van der Waals surface area contributed by atoms with Gasteiger partial charge in [0, 0.05) is 45.2 Å². The van der Waals surface area contributed by atoms with Crippen LogP contribution >= 0.6 is 11.8 Å². The Hall–Kier alpha value is -2.59. The van der Waals surface area contributed by atoms with Gasteiger partial charge in [-0.2, -0.15) is 0 Å². The Morgan fingerprint density at radius 2 is 1.64 bits per heavy atom. The maximum Gasteiger partial charge on any atom is 0.233 e. The van der Waals surface area contributed by atoms with Gasteiger partial charge in [0.25, 0.3) is 0 Å². The third kappa shape index (κ3) is 5.01. The van der Waals surface area contributed by atoms with Gasteiger partial charge in [-0.15, -0.1) is 10.2 Å². The van der Waals surface area contributed by atoms with Crippen LogP contribution in [0.4, 0.5) is 5.95 Å². The third-order valence-corrected chi connectivity index (χ3v) is 7.31. The van der Waals surface area contributed by atoms with Crippen LogP contribution < -0.4 is 4.90 Å². The molecule has 0 unspecified atom stereocenters. The molecule has 3 aliphatic rings. The van der Waals surface area contributed by atoms with Crippen molar-refractivity contribution < 1.29 is 14.3 Å². The molecule has 1 aromatic carbocycles. The number of morpholine rings is 1. The van der Waals surface area contributed by atoms with E-state index >= 15 is 0 Å². The molecule has 3 heterocycles. The number of rotatable bonds is 6. The lowest BCUT2D eigenvalue weighted by Gasteiger charge is -2.34. The van der Waals surface area contributed by atoms with E-state index < -0.39 is 0 Å². The molecule has 0 spiro atoms. The Bertz CT molecular complexity index is 992. The highest BCUT2D eigenvalue weighted by molar-refractivity contribution is 7.99. The molecular formula is C23H30N6O3S. The van der Waals surface area contributed by atoms with Gasteiger partial charge in [-0.1, -0.05) is 29.5 Å². The standard InChI is InChI=1S/C23H30N6O3S/c1-17-2-6-19(7-3-17)29-22(28-12-14-32-15-13-28)24-25-23(29)33-16-20(30)26-8-10-27(11-9-26)21(31)18-4-5-18/h2-3,6-7,18H,4-5,8-16H2,1H3. The Balaban J connectivity index is 1.26. The molecule has 176 valence electrons. The Morgan fingerprint density at radius 1 is 0.970 bits per heavy atom. The number of carbonyl (C=O) groups excluding carboxylic acids is 2. The number of hydrogen-bond acceptors (Lipinski definition) is 7. The fourth-order valence-corrected chi connectivity index (χ4v) is 5.08. The molecule has 10 heteroatoms. The van der Waals surface area contributed by atoms with Crippen molar-refractivity contribution in [3.63, 3.8) is 0 Å². The molecule has 1 aromatic heterocycles. The zero-order valence-corrected chi connectivity index (χ0v) is 19.8. The number of hydrogen-bond donors (Lipinski definition) is 0. The summed E-state index contributed by atoms with van der Waals surface area (Å²) in [6.45, 7) is 7.37. The van der Waals surface area contributed by atoms with Crippen LogP contribution in [0.2, 0.25) is 0 Å². The molecule has 3 fully saturated rings. The van der Waals surface area contributed by atoms with Crippen molar-refractivity contribution in [3.05, 3.63) is 29.8 Å². The average Bonchev–Trinajstić information content (AvgIpc) is 3.63. The molecule has 9 nitrogen and oxygen atoms in total. The number of ether oxygens (including phenoxy) is 1. The molecule has 2 saturated heterocycles. The van der Waals surface area contributed by atoms with E-state index in [1.165, 1.54) is 17.3 Å². The van der Waals surface area contributed by atoms with E-state index in [2.05, 4.69) is 46.3 Å². The van der Waals surface area contributed by atoms with E-state index in [4.69, 9.17) is 4.74 Å². The smallest absolute Gasteiger partial charge is 0.233 e. The topological polar surface area (TPSA) is 83.8 Å². The van der Waals surface area contributed by atoms with E-state index in [9.17, 15) is 9.59 Å². The lowest BCUT2D eigenvalue weighted by atomic mass is 10.2. The number of nitrogens with zero attached hydrogens (tertiary/aromatic N) is 6.